The number of ether oxygens (including phenoxy) is 1. The molecule has 0 spiro atoms. The van der Waals surface area contributed by atoms with E-state index in [0.717, 1.165) is 68.8 Å². The van der Waals surface area contributed by atoms with Crippen LogP contribution in [0.15, 0.2) is 67.1 Å². The first-order valence-electron chi connectivity index (χ1n) is 26.0. The zero-order chi connectivity index (χ0) is 51.1. The van der Waals surface area contributed by atoms with E-state index in [1.165, 1.54) is 17.5 Å². The third kappa shape index (κ3) is 8.11. The summed E-state index contributed by atoms with van der Waals surface area (Å²) in [4.78, 5) is 76.1. The molecule has 0 bridgehead atoms. The van der Waals surface area contributed by atoms with Crippen LogP contribution in [-0.4, -0.2) is 122 Å². The second-order valence-electron chi connectivity index (χ2n) is 20.7. The van der Waals surface area contributed by atoms with Gasteiger partial charge in [-0.25, -0.2) is 15.0 Å². The molecule has 1 aliphatic carbocycles. The van der Waals surface area contributed by atoms with Crippen molar-refractivity contribution in [2.75, 3.05) is 59.8 Å². The molecule has 11 rings (SSSR count). The van der Waals surface area contributed by atoms with Gasteiger partial charge in [0.15, 0.2) is 0 Å². The number of piperazine rings is 1. The summed E-state index contributed by atoms with van der Waals surface area (Å²) >= 11 is 0. The molecule has 9 heterocycles. The molecule has 364 valence electrons. The molecule has 3 N–H and O–H groups in total. The molecule has 3 saturated heterocycles. The Hall–Kier alpha value is -6.85. The van der Waals surface area contributed by atoms with E-state index in [1.54, 1.807) is 28.1 Å². The molecule has 4 atom stereocenters. The average molecular weight is 951 g/mol. The number of imide groups is 1. The van der Waals surface area contributed by atoms with Gasteiger partial charge in [0.1, 0.15) is 29.1 Å². The predicted molar refractivity (Wildman–Crippen MR) is 265 cm³/mol. The Morgan fingerprint density at radius 2 is 1.69 bits per heavy atom. The lowest BCUT2D eigenvalue weighted by molar-refractivity contribution is -0.136. The van der Waals surface area contributed by atoms with Crippen LogP contribution < -0.4 is 30.1 Å². The highest BCUT2D eigenvalue weighted by Gasteiger charge is 2.41. The van der Waals surface area contributed by atoms with Crippen molar-refractivity contribution in [2.24, 2.45) is 5.41 Å². The quantitative estimate of drug-likeness (QED) is 0.145. The number of nitrogens with zero attached hydrogens (tertiary/aromatic N) is 9. The highest BCUT2D eigenvalue weighted by molar-refractivity contribution is 6.07. The van der Waals surface area contributed by atoms with E-state index in [9.17, 15) is 24.3 Å². The van der Waals surface area contributed by atoms with Gasteiger partial charge in [-0.3, -0.25) is 34.3 Å². The fraction of sp³-hybridized carbons (Fsp3) is 0.453. The number of pyridine rings is 3. The number of carbonyl (C=O) groups is 4. The smallest absolute Gasteiger partial charge is 0.276 e. The van der Waals surface area contributed by atoms with Gasteiger partial charge >= 0.3 is 0 Å². The molecule has 5 aliphatic heterocycles. The lowest BCUT2D eigenvalue weighted by Crippen LogP contribution is -2.58. The third-order valence-electron chi connectivity index (χ3n) is 15.5. The number of fused-ring (bicyclic) bond motifs is 4. The Morgan fingerprint density at radius 1 is 0.843 bits per heavy atom. The molecule has 3 fully saturated rings. The fourth-order valence-electron chi connectivity index (χ4n) is 12.1. The summed E-state index contributed by atoms with van der Waals surface area (Å²) in [5.74, 6) is -0.383. The van der Waals surface area contributed by atoms with E-state index in [2.05, 4.69) is 73.6 Å². The molecule has 1 aromatic carbocycles. The lowest BCUT2D eigenvalue weighted by Gasteiger charge is -2.48. The molecule has 70 heavy (non-hydrogen) atoms. The lowest BCUT2D eigenvalue weighted by atomic mass is 9.90. The number of piperidine rings is 2. The largest absolute Gasteiger partial charge is 0.480 e. The van der Waals surface area contributed by atoms with Gasteiger partial charge in [0, 0.05) is 111 Å². The molecule has 17 heteroatoms. The first kappa shape index (κ1) is 42.1. The van der Waals surface area contributed by atoms with E-state index in [1.807, 2.05) is 36.5 Å². The van der Waals surface area contributed by atoms with Crippen LogP contribution in [0.5, 0.6) is 5.88 Å². The minimum Gasteiger partial charge on any atom is -0.480 e. The van der Waals surface area contributed by atoms with E-state index in [-0.39, 0.29) is 53.2 Å². The summed E-state index contributed by atoms with van der Waals surface area (Å²) in [7, 11) is -2.78. The number of hydrogen-bond donors (Lipinski definition) is 3. The second kappa shape index (κ2) is 17.8. The molecule has 0 saturated carbocycles. The number of rotatable bonds is 10. The summed E-state index contributed by atoms with van der Waals surface area (Å²) in [5.41, 5.74) is 8.60. The molecular weight excluding hydrogens is 887 g/mol. The highest BCUT2D eigenvalue weighted by atomic mass is 16.5. The van der Waals surface area contributed by atoms with Crippen LogP contribution in [0.2, 0.25) is 0 Å². The molecule has 1 unspecified atom stereocenters. The first-order valence-corrected chi connectivity index (χ1v) is 24.5. The van der Waals surface area contributed by atoms with E-state index in [0.29, 0.717) is 71.7 Å². The molecular formula is C53H61N11O6. The number of methoxy groups -OCH3 is 1. The number of hydrogen-bond acceptors (Lipinski definition) is 13. The SMILES string of the molecule is [2H]C([2H])([2H])Oc1ncc(-c2ccnc(N3CCn4c(cc5c4CC(C)(C)C5)C3=O)c2CO)cc1Nc1ccc(N2CCN(C3CCN(c4ccc5c(c4)CN([C@H]4CCC(=O)NC4=O)C5=O)[C@H](C)C3)C[C@@H]2C)cn1. The van der Waals surface area contributed by atoms with Gasteiger partial charge in [0.05, 0.1) is 29.6 Å². The van der Waals surface area contributed by atoms with Crippen LogP contribution in [0, 0.1) is 5.41 Å². The van der Waals surface area contributed by atoms with Gasteiger partial charge in [-0.15, -0.1) is 0 Å². The molecule has 4 aromatic heterocycles. The van der Waals surface area contributed by atoms with Crippen LogP contribution in [0.25, 0.3) is 11.1 Å². The Kier molecular flexibility index (Phi) is 10.7. The number of carbonyl (C=O) groups excluding carboxylic acids is 4. The summed E-state index contributed by atoms with van der Waals surface area (Å²) in [5, 5.41) is 16.5. The topological polar surface area (TPSA) is 182 Å². The van der Waals surface area contributed by atoms with Crippen LogP contribution >= 0.6 is 0 Å². The van der Waals surface area contributed by atoms with Gasteiger partial charge < -0.3 is 34.4 Å². The van der Waals surface area contributed by atoms with Crippen molar-refractivity contribution in [3.63, 3.8) is 0 Å². The zero-order valence-corrected chi connectivity index (χ0v) is 40.1. The molecule has 0 radical (unpaired) electrons. The monoisotopic (exact) mass is 950 g/mol. The van der Waals surface area contributed by atoms with Crippen LogP contribution in [0.3, 0.4) is 0 Å². The van der Waals surface area contributed by atoms with Crippen molar-refractivity contribution in [3.8, 4) is 17.0 Å². The van der Waals surface area contributed by atoms with Gasteiger partial charge in [-0.05, 0) is 117 Å². The van der Waals surface area contributed by atoms with Gasteiger partial charge in [0.2, 0.25) is 17.7 Å². The van der Waals surface area contributed by atoms with Gasteiger partial charge in [-0.1, -0.05) is 13.8 Å². The third-order valence-corrected chi connectivity index (χ3v) is 15.5. The zero-order valence-electron chi connectivity index (χ0n) is 43.1. The Labute approximate surface area is 412 Å². The van der Waals surface area contributed by atoms with Crippen LogP contribution in [-0.2, 0) is 42.1 Å². The van der Waals surface area contributed by atoms with Crippen molar-refractivity contribution >= 4 is 52.3 Å². The van der Waals surface area contributed by atoms with Crippen LogP contribution in [0.4, 0.5) is 28.7 Å². The first-order chi connectivity index (χ1) is 34.9. The number of aromatic nitrogens is 4. The van der Waals surface area contributed by atoms with Crippen molar-refractivity contribution in [3.05, 3.63) is 101 Å². The number of aliphatic hydroxyl groups is 1. The van der Waals surface area contributed by atoms with Gasteiger partial charge in [-0.2, -0.15) is 0 Å². The standard InChI is InChI=1S/C53H61N11O6/c1-31-20-36(13-15-60(31)37-6-8-40-35(21-37)29-64(51(40)68)43-9-11-47(66)58-49(43)67)59-16-17-61(32(2)28-59)38-7-10-46(55-27-38)57-42-22-34(26-56-50(42)70-5)39-12-14-54-48(41(39)30-65)63-19-18-62-44(52(63)69)23-33-24-53(3,4)25-45(33)62/h6-8,10,12,14,21-23,26-27,31-32,36,43,65H,9,11,13,15-20,24-25,28-30H2,1-5H3,(H,55,57)(H,58,66,67)/t31-,32+,36?,43+/m1/s1/i5D3. The fourth-order valence-corrected chi connectivity index (χ4v) is 12.1. The van der Waals surface area contributed by atoms with Gasteiger partial charge in [0.25, 0.3) is 11.8 Å². The summed E-state index contributed by atoms with van der Waals surface area (Å²) < 4.78 is 31.1. The summed E-state index contributed by atoms with van der Waals surface area (Å²) in [6, 6.07) is 15.5. The molecule has 4 amide bonds. The Morgan fingerprint density at radius 3 is 2.46 bits per heavy atom. The molecule has 17 nitrogen and oxygen atoms in total. The minimum atomic E-state index is -2.78. The Balaban J connectivity index is 0.742. The minimum absolute atomic E-state index is 0.148. The van der Waals surface area contributed by atoms with Crippen molar-refractivity contribution in [2.45, 2.75) is 110 Å². The van der Waals surface area contributed by atoms with E-state index in [4.69, 9.17) is 13.8 Å². The normalized spacial score (nSPS) is 24.2. The highest BCUT2D eigenvalue weighted by Crippen LogP contribution is 2.41. The predicted octanol–water partition coefficient (Wildman–Crippen LogP) is 5.70. The average Bonchev–Trinajstić information content (AvgIpc) is 3.98. The summed E-state index contributed by atoms with van der Waals surface area (Å²) in [6.45, 7) is 13.4. The van der Waals surface area contributed by atoms with Crippen molar-refractivity contribution in [1.29, 1.82) is 0 Å². The Bertz CT molecular complexity index is 3030. The number of anilines is 5. The molecule has 6 aliphatic rings. The van der Waals surface area contributed by atoms with Crippen molar-refractivity contribution in [1.82, 2.24) is 34.6 Å². The van der Waals surface area contributed by atoms with Crippen molar-refractivity contribution < 1.29 is 33.1 Å². The van der Waals surface area contributed by atoms with E-state index >= 15 is 0 Å². The van der Waals surface area contributed by atoms with Crippen LogP contribution in [0.1, 0.15) is 101 Å². The number of nitrogens with one attached hydrogen (secondary N) is 2. The summed E-state index contributed by atoms with van der Waals surface area (Å²) in [6.07, 6.45) is 9.28. The second-order valence-corrected chi connectivity index (χ2v) is 20.7. The number of benzene rings is 1. The number of amides is 4. The maximum absolute atomic E-state index is 14.1. The van der Waals surface area contributed by atoms with E-state index < -0.39 is 25.6 Å². The number of aliphatic hydroxyl groups excluding tert-OH is 1. The maximum Gasteiger partial charge on any atom is 0.276 e. The maximum atomic E-state index is 14.1. The molecule has 5 aromatic rings.